The van der Waals surface area contributed by atoms with Gasteiger partial charge in [-0.2, -0.15) is 0 Å². The standard InChI is InChI=1S/C18H18N4O2/c1-18(2)8-12-14(16(23)19-10-18)22-15(20-12)13-9-24-17(21-13)11-6-4-3-5-7-11/h3-7,9H,8,10H2,1-2H3,(H,19,23)(H,20,22). The highest BCUT2D eigenvalue weighted by atomic mass is 16.3. The van der Waals surface area contributed by atoms with Gasteiger partial charge >= 0.3 is 0 Å². The number of carbonyl (C=O) groups is 1. The predicted molar refractivity (Wildman–Crippen MR) is 89.3 cm³/mol. The minimum Gasteiger partial charge on any atom is -0.444 e. The van der Waals surface area contributed by atoms with Crippen LogP contribution >= 0.6 is 0 Å². The lowest BCUT2D eigenvalue weighted by molar-refractivity contribution is 0.0940. The zero-order chi connectivity index (χ0) is 16.7. The molecular weight excluding hydrogens is 304 g/mol. The van der Waals surface area contributed by atoms with E-state index in [0.29, 0.717) is 29.6 Å². The second-order valence-corrected chi connectivity index (χ2v) is 6.84. The number of carbonyl (C=O) groups excluding carboxylic acids is 1. The van der Waals surface area contributed by atoms with Crippen LogP contribution in [0.1, 0.15) is 30.0 Å². The molecule has 2 aromatic heterocycles. The Bertz CT molecular complexity index is 893. The summed E-state index contributed by atoms with van der Waals surface area (Å²) in [6.07, 6.45) is 2.31. The second-order valence-electron chi connectivity index (χ2n) is 6.84. The number of rotatable bonds is 2. The Kier molecular flexibility index (Phi) is 3.26. The highest BCUT2D eigenvalue weighted by molar-refractivity contribution is 5.94. The van der Waals surface area contributed by atoms with Gasteiger partial charge in [0.05, 0.1) is 0 Å². The molecule has 1 aliphatic heterocycles. The number of fused-ring (bicyclic) bond motifs is 1. The zero-order valence-electron chi connectivity index (χ0n) is 13.6. The molecule has 6 nitrogen and oxygen atoms in total. The predicted octanol–water partition coefficient (Wildman–Crippen LogP) is 3.04. The molecule has 0 fully saturated rings. The van der Waals surface area contributed by atoms with Crippen molar-refractivity contribution in [3.63, 3.8) is 0 Å². The van der Waals surface area contributed by atoms with Crippen molar-refractivity contribution in [2.75, 3.05) is 6.54 Å². The molecule has 24 heavy (non-hydrogen) atoms. The van der Waals surface area contributed by atoms with E-state index in [9.17, 15) is 4.79 Å². The highest BCUT2D eigenvalue weighted by Gasteiger charge is 2.30. The number of hydrogen-bond donors (Lipinski definition) is 2. The first-order valence-corrected chi connectivity index (χ1v) is 7.90. The lowest BCUT2D eigenvalue weighted by atomic mass is 9.88. The van der Waals surface area contributed by atoms with E-state index in [-0.39, 0.29) is 11.3 Å². The number of aromatic nitrogens is 3. The molecule has 0 atom stereocenters. The minimum atomic E-state index is -0.148. The summed E-state index contributed by atoms with van der Waals surface area (Å²) in [5.41, 5.74) is 2.75. The fourth-order valence-corrected chi connectivity index (χ4v) is 2.89. The number of aromatic amines is 1. The molecule has 3 aromatic rings. The van der Waals surface area contributed by atoms with Crippen LogP contribution in [0.2, 0.25) is 0 Å². The maximum atomic E-state index is 12.2. The monoisotopic (exact) mass is 322 g/mol. The number of oxazole rings is 1. The summed E-state index contributed by atoms with van der Waals surface area (Å²) >= 11 is 0. The molecule has 4 rings (SSSR count). The van der Waals surface area contributed by atoms with Crippen molar-refractivity contribution in [1.29, 1.82) is 0 Å². The lowest BCUT2D eigenvalue weighted by Crippen LogP contribution is -2.32. The average Bonchev–Trinajstić information content (AvgIpc) is 3.18. The van der Waals surface area contributed by atoms with Gasteiger partial charge in [0.15, 0.2) is 5.82 Å². The Morgan fingerprint density at radius 2 is 1.96 bits per heavy atom. The van der Waals surface area contributed by atoms with Crippen molar-refractivity contribution in [2.45, 2.75) is 20.3 Å². The van der Waals surface area contributed by atoms with E-state index in [1.54, 1.807) is 6.26 Å². The van der Waals surface area contributed by atoms with Gasteiger partial charge in [-0.3, -0.25) is 4.79 Å². The quantitative estimate of drug-likeness (QED) is 0.759. The largest absolute Gasteiger partial charge is 0.444 e. The van der Waals surface area contributed by atoms with Gasteiger partial charge in [0.1, 0.15) is 17.7 Å². The van der Waals surface area contributed by atoms with Gasteiger partial charge in [0, 0.05) is 17.8 Å². The fourth-order valence-electron chi connectivity index (χ4n) is 2.89. The second kappa shape index (κ2) is 5.33. The Hall–Kier alpha value is -2.89. The topological polar surface area (TPSA) is 83.8 Å². The summed E-state index contributed by atoms with van der Waals surface area (Å²) in [6.45, 7) is 4.87. The molecule has 1 aromatic carbocycles. The molecule has 0 spiro atoms. The highest BCUT2D eigenvalue weighted by Crippen LogP contribution is 2.28. The van der Waals surface area contributed by atoms with Gasteiger partial charge in [-0.15, -0.1) is 0 Å². The molecular formula is C18H18N4O2. The molecule has 1 aliphatic rings. The molecule has 3 heterocycles. The van der Waals surface area contributed by atoms with E-state index in [2.05, 4.69) is 34.1 Å². The lowest BCUT2D eigenvalue weighted by Gasteiger charge is -2.21. The Morgan fingerprint density at radius 3 is 2.75 bits per heavy atom. The summed E-state index contributed by atoms with van der Waals surface area (Å²) in [6, 6.07) is 9.67. The van der Waals surface area contributed by atoms with Crippen LogP contribution in [0.5, 0.6) is 0 Å². The Balaban J connectivity index is 1.71. The number of hydrogen-bond acceptors (Lipinski definition) is 4. The number of H-pyrrole nitrogens is 1. The molecule has 0 unspecified atom stereocenters. The van der Waals surface area contributed by atoms with E-state index in [1.165, 1.54) is 0 Å². The third-order valence-electron chi connectivity index (χ3n) is 4.14. The summed E-state index contributed by atoms with van der Waals surface area (Å²) in [4.78, 5) is 24.4. The first kappa shape index (κ1) is 14.7. The number of benzene rings is 1. The smallest absolute Gasteiger partial charge is 0.271 e. The molecule has 0 radical (unpaired) electrons. The minimum absolute atomic E-state index is 0.0241. The van der Waals surface area contributed by atoms with Gasteiger partial charge in [-0.1, -0.05) is 32.0 Å². The van der Waals surface area contributed by atoms with Crippen molar-refractivity contribution >= 4 is 5.91 Å². The molecule has 2 N–H and O–H groups in total. The van der Waals surface area contributed by atoms with Gasteiger partial charge in [-0.25, -0.2) is 9.97 Å². The van der Waals surface area contributed by atoms with Crippen LogP contribution in [0.15, 0.2) is 41.0 Å². The third-order valence-corrected chi connectivity index (χ3v) is 4.14. The summed E-state index contributed by atoms with van der Waals surface area (Å²) < 4.78 is 5.56. The van der Waals surface area contributed by atoms with E-state index >= 15 is 0 Å². The Labute approximate surface area is 139 Å². The van der Waals surface area contributed by atoms with Crippen LogP contribution < -0.4 is 5.32 Å². The average molecular weight is 322 g/mol. The van der Waals surface area contributed by atoms with Gasteiger partial charge in [0.25, 0.3) is 5.91 Å². The van der Waals surface area contributed by atoms with E-state index < -0.39 is 0 Å². The third kappa shape index (κ3) is 2.60. The molecule has 6 heteroatoms. The summed E-state index contributed by atoms with van der Waals surface area (Å²) in [5, 5.41) is 2.92. The van der Waals surface area contributed by atoms with Crippen LogP contribution in [0, 0.1) is 5.41 Å². The molecule has 0 aliphatic carbocycles. The van der Waals surface area contributed by atoms with Crippen molar-refractivity contribution in [1.82, 2.24) is 20.3 Å². The molecule has 1 amide bonds. The zero-order valence-corrected chi connectivity index (χ0v) is 13.6. The summed E-state index contributed by atoms with van der Waals surface area (Å²) in [5.74, 6) is 0.936. The normalized spacial score (nSPS) is 16.3. The Morgan fingerprint density at radius 1 is 1.17 bits per heavy atom. The van der Waals surface area contributed by atoms with Gasteiger partial charge < -0.3 is 14.7 Å². The maximum absolute atomic E-state index is 12.2. The van der Waals surface area contributed by atoms with Crippen molar-refractivity contribution in [2.24, 2.45) is 5.41 Å². The van der Waals surface area contributed by atoms with E-state index in [0.717, 1.165) is 17.7 Å². The van der Waals surface area contributed by atoms with E-state index in [4.69, 9.17) is 4.42 Å². The van der Waals surface area contributed by atoms with Crippen molar-refractivity contribution in [3.8, 4) is 23.0 Å². The van der Waals surface area contributed by atoms with Crippen molar-refractivity contribution in [3.05, 3.63) is 48.0 Å². The van der Waals surface area contributed by atoms with Crippen LogP contribution in [0.3, 0.4) is 0 Å². The molecule has 0 saturated carbocycles. The molecule has 0 saturated heterocycles. The SMILES string of the molecule is CC1(C)CNC(=O)c2nc(-c3coc(-c4ccccc4)n3)[nH]c2C1. The maximum Gasteiger partial charge on any atom is 0.271 e. The number of nitrogens with zero attached hydrogens (tertiary/aromatic N) is 2. The molecule has 0 bridgehead atoms. The molecule has 122 valence electrons. The number of nitrogens with one attached hydrogen (secondary N) is 2. The van der Waals surface area contributed by atoms with Crippen LogP contribution in [-0.4, -0.2) is 27.4 Å². The van der Waals surface area contributed by atoms with Gasteiger partial charge in [0.2, 0.25) is 5.89 Å². The number of amides is 1. The van der Waals surface area contributed by atoms with Crippen molar-refractivity contribution < 1.29 is 9.21 Å². The van der Waals surface area contributed by atoms with Crippen LogP contribution in [0.25, 0.3) is 23.0 Å². The first-order chi connectivity index (χ1) is 11.5. The first-order valence-electron chi connectivity index (χ1n) is 7.90. The van der Waals surface area contributed by atoms with Crippen LogP contribution in [-0.2, 0) is 6.42 Å². The van der Waals surface area contributed by atoms with Crippen LogP contribution in [0.4, 0.5) is 0 Å². The van der Waals surface area contributed by atoms with E-state index in [1.807, 2.05) is 30.3 Å². The fraction of sp³-hybridized carbons (Fsp3) is 0.278. The number of imidazole rings is 1. The summed E-state index contributed by atoms with van der Waals surface area (Å²) in [7, 11) is 0. The van der Waals surface area contributed by atoms with Gasteiger partial charge in [-0.05, 0) is 24.0 Å².